The molecule has 9 heteroatoms. The molecule has 8 bridgehead atoms. The van der Waals surface area contributed by atoms with Crippen molar-refractivity contribution in [3.63, 3.8) is 0 Å². The number of aliphatic carboxylic acids is 2. The number of carbonyl (C=O) groups is 2. The molecule has 216 valence electrons. The van der Waals surface area contributed by atoms with E-state index in [2.05, 4.69) is 20.4 Å². The van der Waals surface area contributed by atoms with Gasteiger partial charge in [0.25, 0.3) is 0 Å². The molecule has 0 spiro atoms. The van der Waals surface area contributed by atoms with E-state index in [1.165, 1.54) is 0 Å². The van der Waals surface area contributed by atoms with Crippen LogP contribution in [-0.4, -0.2) is 32.1 Å². The molecule has 0 atom stereocenters. The molecule has 5 heterocycles. The molecule has 2 N–H and O–H groups in total. The first-order chi connectivity index (χ1) is 20.0. The van der Waals surface area contributed by atoms with E-state index in [4.69, 9.17) is 19.9 Å². The summed E-state index contributed by atoms with van der Waals surface area (Å²) in [6.45, 7) is 14.1. The number of nitrogens with zero attached hydrogens (tertiary/aromatic N) is 4. The minimum absolute atomic E-state index is 0. The van der Waals surface area contributed by atoms with Crippen LogP contribution in [0.4, 0.5) is 0 Å². The van der Waals surface area contributed by atoms with Crippen LogP contribution in [0.3, 0.4) is 0 Å². The predicted octanol–water partition coefficient (Wildman–Crippen LogP) is 6.98. The van der Waals surface area contributed by atoms with Crippen LogP contribution in [-0.2, 0) is 35.5 Å². The van der Waals surface area contributed by atoms with Gasteiger partial charge in [0.1, 0.15) is 0 Å². The van der Waals surface area contributed by atoms with Gasteiger partial charge in [0.15, 0.2) is 0 Å². The van der Waals surface area contributed by atoms with Crippen molar-refractivity contribution in [2.75, 3.05) is 0 Å². The summed E-state index contributed by atoms with van der Waals surface area (Å²) in [4.78, 5) is 42.9. The Balaban J connectivity index is 0.00000423. The third-order valence-corrected chi connectivity index (χ3v) is 8.30. The van der Waals surface area contributed by atoms with Crippen molar-refractivity contribution in [3.8, 4) is 0 Å². The van der Waals surface area contributed by atoms with Gasteiger partial charge in [-0.05, 0) is 74.8 Å². The molecule has 43 heavy (non-hydrogen) atoms. The summed E-state index contributed by atoms with van der Waals surface area (Å²) in [6.07, 6.45) is 3.14. The number of allylic oxidation sites excluding steroid dienone is 4. The maximum absolute atomic E-state index is 11.5. The number of hydrogen-bond donors (Lipinski definition) is 2. The van der Waals surface area contributed by atoms with E-state index in [1.807, 2.05) is 45.0 Å². The van der Waals surface area contributed by atoms with Crippen LogP contribution in [0, 0.1) is 13.8 Å². The number of fused-ring (bicyclic) bond motifs is 8. The molecular weight excluding hydrogens is 594 g/mol. The zero-order chi connectivity index (χ0) is 30.3. The maximum atomic E-state index is 11.5. The summed E-state index contributed by atoms with van der Waals surface area (Å²) >= 11 is 0. The Morgan fingerprint density at radius 3 is 1.84 bits per heavy atom. The van der Waals surface area contributed by atoms with Crippen molar-refractivity contribution in [1.29, 1.82) is 0 Å². The minimum atomic E-state index is -0.891. The Bertz CT molecular complexity index is 1890. The SMILES string of the molecule is C=Cc1c(C)c2cc3nc(cc4[n-]c(cc5nc(cc1[n-]2)C(C)=C5CCC(=O)O)c(CCC(=O)O)c4C)C(C)=C3CC.[Zn+2]. The van der Waals surface area contributed by atoms with E-state index >= 15 is 0 Å². The van der Waals surface area contributed by atoms with E-state index in [0.717, 1.165) is 78.9 Å². The van der Waals surface area contributed by atoms with E-state index in [9.17, 15) is 19.8 Å². The second-order valence-corrected chi connectivity index (χ2v) is 10.8. The van der Waals surface area contributed by atoms with Gasteiger partial charge in [-0.2, -0.15) is 0 Å². The van der Waals surface area contributed by atoms with Gasteiger partial charge >= 0.3 is 31.4 Å². The average Bonchev–Trinajstić information content (AvgIpc) is 3.59. The number of hydrogen-bond acceptors (Lipinski definition) is 4. The molecule has 5 rings (SSSR count). The number of rotatable bonds is 8. The summed E-state index contributed by atoms with van der Waals surface area (Å²) in [5.41, 5.74) is 13.4. The summed E-state index contributed by atoms with van der Waals surface area (Å²) in [6, 6.07) is 7.77. The third kappa shape index (κ3) is 6.05. The van der Waals surface area contributed by atoms with Crippen LogP contribution in [0.1, 0.15) is 91.5 Å². The molecule has 0 amide bonds. The molecule has 0 aliphatic carbocycles. The quantitative estimate of drug-likeness (QED) is 0.256. The molecule has 0 radical (unpaired) electrons. The fraction of sp³-hybridized carbons (Fsp3) is 0.294. The first-order valence-electron chi connectivity index (χ1n) is 14.1. The number of carboxylic acids is 2. The summed E-state index contributed by atoms with van der Waals surface area (Å²) in [5, 5.41) is 18.9. The number of aryl methyl sites for hydroxylation is 3. The van der Waals surface area contributed by atoms with Crippen molar-refractivity contribution in [1.82, 2.24) is 19.9 Å². The topological polar surface area (TPSA) is 129 Å². The van der Waals surface area contributed by atoms with Gasteiger partial charge in [-0.25, -0.2) is 9.97 Å². The summed E-state index contributed by atoms with van der Waals surface area (Å²) in [7, 11) is 0. The first-order valence-corrected chi connectivity index (χ1v) is 14.1. The van der Waals surface area contributed by atoms with E-state index < -0.39 is 11.9 Å². The van der Waals surface area contributed by atoms with Crippen LogP contribution >= 0.6 is 0 Å². The van der Waals surface area contributed by atoms with Gasteiger partial charge in [0, 0.05) is 12.8 Å². The smallest absolute Gasteiger partial charge is 0.657 e. The summed E-state index contributed by atoms with van der Waals surface area (Å²) < 4.78 is 0. The Morgan fingerprint density at radius 2 is 1.23 bits per heavy atom. The Hall–Kier alpha value is -4.10. The number of carboxylic acid groups (broad SMARTS) is 2. The predicted molar refractivity (Wildman–Crippen MR) is 167 cm³/mol. The second-order valence-electron chi connectivity index (χ2n) is 10.8. The van der Waals surface area contributed by atoms with E-state index in [-0.39, 0.29) is 32.3 Å². The molecule has 2 aliphatic rings. The second kappa shape index (κ2) is 12.6. The van der Waals surface area contributed by atoms with Crippen LogP contribution < -0.4 is 9.97 Å². The van der Waals surface area contributed by atoms with Gasteiger partial charge in [0.2, 0.25) is 0 Å². The molecule has 2 aliphatic heterocycles. The Kier molecular flexibility index (Phi) is 9.36. The van der Waals surface area contributed by atoms with Gasteiger partial charge in [-0.1, -0.05) is 60.5 Å². The van der Waals surface area contributed by atoms with Gasteiger partial charge in [-0.3, -0.25) is 9.59 Å². The monoisotopic (exact) mass is 626 g/mol. The van der Waals surface area contributed by atoms with Gasteiger partial charge in [-0.15, -0.1) is 22.1 Å². The molecule has 0 saturated heterocycles. The van der Waals surface area contributed by atoms with Crippen molar-refractivity contribution < 1.29 is 39.3 Å². The minimum Gasteiger partial charge on any atom is -0.657 e. The first kappa shape index (κ1) is 31.8. The molecule has 3 aromatic heterocycles. The maximum Gasteiger partial charge on any atom is 2.00 e. The Morgan fingerprint density at radius 1 is 0.744 bits per heavy atom. The van der Waals surface area contributed by atoms with Crippen molar-refractivity contribution >= 4 is 62.4 Å². The standard InChI is InChI=1S/C34H36N4O4.Zn/c1-7-21-17(3)25-13-26-19(5)23(9-11-33(39)40)31(37-26)16-32-24(10-12-34(41)42)20(6)28(38-32)15-30-22(8-2)18(4)27(36-30)14-29(21)35-25;/h8,13-16H,2,7,9-12H2,1,3-6H3,(H4,35,36,37,38,39,40,41,42);/q;+2/p-2. The Labute approximate surface area is 263 Å². The molecule has 8 nitrogen and oxygen atoms in total. The molecule has 0 fully saturated rings. The normalized spacial score (nSPS) is 12.9. The van der Waals surface area contributed by atoms with Crippen molar-refractivity contribution in [2.45, 2.75) is 66.7 Å². The fourth-order valence-electron chi connectivity index (χ4n) is 5.83. The zero-order valence-corrected chi connectivity index (χ0v) is 28.3. The summed E-state index contributed by atoms with van der Waals surface area (Å²) in [5.74, 6) is -1.78. The van der Waals surface area contributed by atoms with Gasteiger partial charge in [0.05, 0.1) is 22.8 Å². The fourth-order valence-corrected chi connectivity index (χ4v) is 5.83. The van der Waals surface area contributed by atoms with Crippen LogP contribution in [0.25, 0.3) is 50.4 Å². The third-order valence-electron chi connectivity index (χ3n) is 8.30. The molecule has 3 aromatic rings. The van der Waals surface area contributed by atoms with Gasteiger partial charge < -0.3 is 20.2 Å². The van der Waals surface area contributed by atoms with Crippen LogP contribution in [0.2, 0.25) is 0 Å². The van der Waals surface area contributed by atoms with Crippen LogP contribution in [0.15, 0.2) is 30.8 Å². The average molecular weight is 628 g/mol. The molecule has 0 aromatic carbocycles. The van der Waals surface area contributed by atoms with E-state index in [0.29, 0.717) is 29.7 Å². The molecule has 0 saturated carbocycles. The zero-order valence-electron chi connectivity index (χ0n) is 25.3. The molecular formula is C34H34N4O4Zn. The van der Waals surface area contributed by atoms with Crippen molar-refractivity contribution in [2.24, 2.45) is 0 Å². The number of aromatic nitrogens is 4. The largest absolute Gasteiger partial charge is 2.00 e. The molecule has 0 unspecified atom stereocenters. The van der Waals surface area contributed by atoms with Crippen LogP contribution in [0.5, 0.6) is 0 Å². The van der Waals surface area contributed by atoms with Crippen molar-refractivity contribution in [3.05, 3.63) is 75.9 Å². The van der Waals surface area contributed by atoms with E-state index in [1.54, 1.807) is 6.08 Å².